The molecule has 7 aromatic rings. The molecule has 206 valence electrons. The van der Waals surface area contributed by atoms with E-state index in [2.05, 4.69) is 48.5 Å². The second-order valence-electron chi connectivity index (χ2n) is 9.90. The van der Waals surface area contributed by atoms with Gasteiger partial charge in [-0.2, -0.15) is 0 Å². The summed E-state index contributed by atoms with van der Waals surface area (Å²) in [6, 6.07) is 17.3. The number of thiophene rings is 4. The quantitative estimate of drug-likeness (QED) is 0.182. The molecular formula is C32H20N2O4S4. The molecule has 10 heteroatoms. The van der Waals surface area contributed by atoms with E-state index in [9.17, 15) is 0 Å². The maximum atomic E-state index is 5.90. The first kappa shape index (κ1) is 24.6. The van der Waals surface area contributed by atoms with E-state index < -0.39 is 0 Å². The Kier molecular flexibility index (Phi) is 5.75. The number of aromatic nitrogens is 2. The Morgan fingerprint density at radius 2 is 0.976 bits per heavy atom. The fraction of sp³-hybridized carbons (Fsp3) is 0.125. The molecule has 0 saturated heterocycles. The molecule has 0 N–H and O–H groups in total. The van der Waals surface area contributed by atoms with Gasteiger partial charge in [-0.05, 0) is 36.4 Å². The van der Waals surface area contributed by atoms with Crippen molar-refractivity contribution in [3.05, 3.63) is 71.7 Å². The molecule has 0 aliphatic carbocycles. The topological polar surface area (TPSA) is 62.7 Å². The second kappa shape index (κ2) is 9.81. The zero-order valence-electron chi connectivity index (χ0n) is 21.9. The van der Waals surface area contributed by atoms with Crippen LogP contribution < -0.4 is 18.9 Å². The highest BCUT2D eigenvalue weighted by Crippen LogP contribution is 2.50. The summed E-state index contributed by atoms with van der Waals surface area (Å²) in [5.41, 5.74) is 4.00. The van der Waals surface area contributed by atoms with Crippen LogP contribution in [0.1, 0.15) is 0 Å². The van der Waals surface area contributed by atoms with Crippen LogP contribution in [0.2, 0.25) is 0 Å². The first-order valence-electron chi connectivity index (χ1n) is 13.4. The number of fused-ring (bicyclic) bond motifs is 5. The van der Waals surface area contributed by atoms with Crippen molar-refractivity contribution in [2.45, 2.75) is 0 Å². The minimum absolute atomic E-state index is 0.587. The van der Waals surface area contributed by atoms with Crippen LogP contribution in [-0.2, 0) is 0 Å². The molecule has 0 saturated carbocycles. The van der Waals surface area contributed by atoms with Crippen LogP contribution in [0.15, 0.2) is 71.7 Å². The van der Waals surface area contributed by atoms with Crippen molar-refractivity contribution in [2.24, 2.45) is 0 Å². The molecule has 0 amide bonds. The first-order valence-corrected chi connectivity index (χ1v) is 16.8. The lowest BCUT2D eigenvalue weighted by atomic mass is 10.1. The van der Waals surface area contributed by atoms with Crippen molar-refractivity contribution in [3.8, 4) is 63.4 Å². The minimum Gasteiger partial charge on any atom is -0.485 e. The summed E-state index contributed by atoms with van der Waals surface area (Å²) in [7, 11) is 0. The van der Waals surface area contributed by atoms with Gasteiger partial charge in [-0.15, -0.1) is 45.3 Å². The molecule has 8 heterocycles. The number of hydrogen-bond acceptors (Lipinski definition) is 10. The highest BCUT2D eigenvalue weighted by Gasteiger charge is 2.22. The Hall–Kier alpha value is -3.96. The Morgan fingerprint density at radius 1 is 0.524 bits per heavy atom. The fourth-order valence-electron chi connectivity index (χ4n) is 5.36. The van der Waals surface area contributed by atoms with Crippen LogP contribution in [0.25, 0.3) is 62.2 Å². The highest BCUT2D eigenvalue weighted by atomic mass is 32.1. The summed E-state index contributed by atoms with van der Waals surface area (Å²) in [6.07, 6.45) is 3.91. The molecule has 6 nitrogen and oxygen atoms in total. The molecule has 0 bridgehead atoms. The smallest absolute Gasteiger partial charge is 0.180 e. The van der Waals surface area contributed by atoms with Gasteiger partial charge in [-0.25, -0.2) is 0 Å². The SMILES string of the molecule is c1nc2c(ccc3cc(-c4ccc(-c5scc6c5OCCO6)s4)cnc32)cc1-c1ccc(-c2scc3c2OCCO3)s1. The van der Waals surface area contributed by atoms with Gasteiger partial charge in [0.15, 0.2) is 23.0 Å². The summed E-state index contributed by atoms with van der Waals surface area (Å²) < 4.78 is 23.3. The van der Waals surface area contributed by atoms with Gasteiger partial charge >= 0.3 is 0 Å². The van der Waals surface area contributed by atoms with Gasteiger partial charge in [0.1, 0.15) is 26.4 Å². The maximum Gasteiger partial charge on any atom is 0.180 e. The largest absolute Gasteiger partial charge is 0.485 e. The van der Waals surface area contributed by atoms with E-state index in [0.717, 1.165) is 65.7 Å². The summed E-state index contributed by atoms with van der Waals surface area (Å²) >= 11 is 6.81. The van der Waals surface area contributed by atoms with Crippen molar-refractivity contribution in [1.82, 2.24) is 9.97 Å². The average Bonchev–Trinajstić information content (AvgIpc) is 3.86. The van der Waals surface area contributed by atoms with Gasteiger partial charge in [0.2, 0.25) is 0 Å². The molecule has 9 rings (SSSR count). The monoisotopic (exact) mass is 624 g/mol. The molecule has 0 fully saturated rings. The lowest BCUT2D eigenvalue weighted by Crippen LogP contribution is -2.14. The van der Waals surface area contributed by atoms with E-state index in [0.29, 0.717) is 26.4 Å². The molecule has 0 radical (unpaired) electrons. The highest BCUT2D eigenvalue weighted by molar-refractivity contribution is 7.24. The Bertz CT molecular complexity index is 1990. The van der Waals surface area contributed by atoms with Crippen LogP contribution in [0, 0.1) is 0 Å². The van der Waals surface area contributed by atoms with E-state index in [4.69, 9.17) is 28.9 Å². The summed E-state index contributed by atoms with van der Waals surface area (Å²) in [5.74, 6) is 3.41. The molecule has 2 aliphatic heterocycles. The zero-order valence-corrected chi connectivity index (χ0v) is 25.2. The van der Waals surface area contributed by atoms with Crippen molar-refractivity contribution in [3.63, 3.8) is 0 Å². The van der Waals surface area contributed by atoms with Crippen molar-refractivity contribution in [2.75, 3.05) is 26.4 Å². The van der Waals surface area contributed by atoms with Crippen LogP contribution in [0.4, 0.5) is 0 Å². The van der Waals surface area contributed by atoms with Gasteiger partial charge in [-0.1, -0.05) is 12.1 Å². The Labute approximate surface area is 256 Å². The van der Waals surface area contributed by atoms with E-state index >= 15 is 0 Å². The lowest BCUT2D eigenvalue weighted by molar-refractivity contribution is 0.174. The second-order valence-corrected chi connectivity index (χ2v) is 13.8. The first-order chi connectivity index (χ1) is 20.8. The third-order valence-electron chi connectivity index (χ3n) is 7.33. The number of rotatable bonds is 4. The average molecular weight is 625 g/mol. The van der Waals surface area contributed by atoms with Gasteiger partial charge in [0.05, 0.1) is 20.8 Å². The van der Waals surface area contributed by atoms with E-state index in [1.54, 1.807) is 45.3 Å². The Balaban J connectivity index is 1.03. The predicted octanol–water partition coefficient (Wildman–Crippen LogP) is 9.24. The van der Waals surface area contributed by atoms with Crippen LogP contribution in [0.3, 0.4) is 0 Å². The Morgan fingerprint density at radius 3 is 1.48 bits per heavy atom. The molecule has 2 aliphatic rings. The number of nitrogens with zero attached hydrogens (tertiary/aromatic N) is 2. The molecule has 0 atom stereocenters. The van der Waals surface area contributed by atoms with Gasteiger partial charge in [0, 0.05) is 64.6 Å². The lowest BCUT2D eigenvalue weighted by Gasteiger charge is -2.15. The van der Waals surface area contributed by atoms with Crippen molar-refractivity contribution < 1.29 is 18.9 Å². The van der Waals surface area contributed by atoms with Gasteiger partial charge in [-0.3, -0.25) is 9.97 Å². The summed E-state index contributed by atoms with van der Waals surface area (Å²) in [6.45, 7) is 2.38. The third-order valence-corrected chi connectivity index (χ3v) is 11.8. The van der Waals surface area contributed by atoms with Crippen LogP contribution in [0.5, 0.6) is 23.0 Å². The predicted molar refractivity (Wildman–Crippen MR) is 172 cm³/mol. The summed E-state index contributed by atoms with van der Waals surface area (Å²) in [4.78, 5) is 16.7. The van der Waals surface area contributed by atoms with Crippen LogP contribution in [-0.4, -0.2) is 36.4 Å². The van der Waals surface area contributed by atoms with E-state index in [1.165, 1.54) is 19.5 Å². The zero-order chi connectivity index (χ0) is 27.6. The van der Waals surface area contributed by atoms with E-state index in [-0.39, 0.29) is 0 Å². The number of benzene rings is 1. The molecular weight excluding hydrogens is 605 g/mol. The number of ether oxygens (including phenoxy) is 4. The number of pyridine rings is 2. The van der Waals surface area contributed by atoms with Crippen molar-refractivity contribution in [1.29, 1.82) is 0 Å². The van der Waals surface area contributed by atoms with E-state index in [1.807, 2.05) is 23.2 Å². The standard InChI is InChI=1S/C32H20N2O4S4/c1-2-18-12-20(24-4-6-26(42-24)32-30-22(16-40-32)36-8-10-38-30)14-34-28(18)27-17(1)11-19(13-33-27)23-3-5-25(41-23)31-29-21(15-39-31)35-7-9-37-29/h1-6,11-16H,7-10H2. The molecule has 6 aromatic heterocycles. The maximum absolute atomic E-state index is 5.90. The molecule has 0 unspecified atom stereocenters. The summed E-state index contributed by atoms with van der Waals surface area (Å²) in [5, 5.41) is 6.21. The fourth-order valence-corrected chi connectivity index (χ4v) is 9.45. The van der Waals surface area contributed by atoms with Crippen molar-refractivity contribution >= 4 is 67.2 Å². The van der Waals surface area contributed by atoms with Gasteiger partial charge < -0.3 is 18.9 Å². The molecule has 42 heavy (non-hydrogen) atoms. The number of hydrogen-bond donors (Lipinski definition) is 0. The minimum atomic E-state index is 0.587. The normalized spacial score (nSPS) is 14.1. The van der Waals surface area contributed by atoms with Crippen LogP contribution >= 0.6 is 45.3 Å². The molecule has 1 aromatic carbocycles. The third kappa shape index (κ3) is 4.01. The molecule has 0 spiro atoms. The van der Waals surface area contributed by atoms with Gasteiger partial charge in [0.25, 0.3) is 0 Å².